The Hall–Kier alpha value is -4.32. The number of rotatable bonds is 10. The molecule has 0 aromatic heterocycles. The number of aliphatic hydroxyl groups excluding tert-OH is 1. The van der Waals surface area contributed by atoms with Gasteiger partial charge >= 0.3 is 6.18 Å². The van der Waals surface area contributed by atoms with Crippen molar-refractivity contribution in [1.29, 1.82) is 0 Å². The van der Waals surface area contributed by atoms with E-state index in [2.05, 4.69) is 22.2 Å². The van der Waals surface area contributed by atoms with Crippen LogP contribution in [0.1, 0.15) is 36.8 Å². The van der Waals surface area contributed by atoms with Crippen molar-refractivity contribution in [2.75, 3.05) is 7.11 Å². The summed E-state index contributed by atoms with van der Waals surface area (Å²) in [5.74, 6) is -1.21. The Morgan fingerprint density at radius 1 is 1.18 bits per heavy atom. The highest BCUT2D eigenvalue weighted by Gasteiger charge is 2.43. The lowest BCUT2D eigenvalue weighted by Crippen LogP contribution is -2.61. The van der Waals surface area contributed by atoms with E-state index in [-0.39, 0.29) is 42.2 Å². The van der Waals surface area contributed by atoms with Crippen LogP contribution in [-0.4, -0.2) is 41.9 Å². The van der Waals surface area contributed by atoms with Crippen molar-refractivity contribution in [3.63, 3.8) is 0 Å². The summed E-state index contributed by atoms with van der Waals surface area (Å²) in [5.41, 5.74) is 3.97. The predicted molar refractivity (Wildman–Crippen MR) is 143 cm³/mol. The zero-order chi connectivity index (χ0) is 29.3. The molecule has 5 N–H and O–H groups in total. The molecule has 0 spiro atoms. The Kier molecular flexibility index (Phi) is 9.94. The van der Waals surface area contributed by atoms with Crippen LogP contribution < -0.4 is 25.8 Å². The Labute approximate surface area is 229 Å². The molecular formula is C28H31F3N4O5. The van der Waals surface area contributed by atoms with Crippen LogP contribution in [-0.2, 0) is 22.3 Å². The summed E-state index contributed by atoms with van der Waals surface area (Å²) in [5, 5.41) is 15.5. The number of ether oxygens (including phenoxy) is 2. The van der Waals surface area contributed by atoms with E-state index in [1.807, 2.05) is 0 Å². The molecule has 0 atom stereocenters. The van der Waals surface area contributed by atoms with E-state index >= 15 is 0 Å². The van der Waals surface area contributed by atoms with Crippen LogP contribution >= 0.6 is 0 Å². The smallest absolute Gasteiger partial charge is 0.420 e. The molecule has 0 radical (unpaired) electrons. The molecule has 3 rings (SSSR count). The van der Waals surface area contributed by atoms with Gasteiger partial charge < -0.3 is 30.9 Å². The number of carbonyl (C=O) groups is 2. The molecule has 0 saturated heterocycles. The van der Waals surface area contributed by atoms with Crippen molar-refractivity contribution in [3.05, 3.63) is 78.1 Å². The van der Waals surface area contributed by atoms with Crippen LogP contribution in [0, 0.1) is 0 Å². The maximum atomic E-state index is 13.5. The Morgan fingerprint density at radius 3 is 2.40 bits per heavy atom. The summed E-state index contributed by atoms with van der Waals surface area (Å²) in [7, 11) is 1.27. The Bertz CT molecular complexity index is 1270. The second-order valence-electron chi connectivity index (χ2n) is 9.14. The van der Waals surface area contributed by atoms with Gasteiger partial charge in [0.25, 0.3) is 5.91 Å². The third-order valence-corrected chi connectivity index (χ3v) is 6.45. The number of hydrogen-bond acceptors (Lipinski definition) is 7. The molecule has 12 heteroatoms. The fourth-order valence-corrected chi connectivity index (χ4v) is 4.20. The number of halogens is 3. The summed E-state index contributed by atoms with van der Waals surface area (Å²) in [4.78, 5) is 29.9. The summed E-state index contributed by atoms with van der Waals surface area (Å²) in [6, 6.07) is 9.57. The fourth-order valence-electron chi connectivity index (χ4n) is 4.20. The lowest BCUT2D eigenvalue weighted by Gasteiger charge is -2.38. The lowest BCUT2D eigenvalue weighted by molar-refractivity contribution is -0.138. The van der Waals surface area contributed by atoms with Crippen LogP contribution in [0.2, 0.25) is 0 Å². The molecular weight excluding hydrogens is 529 g/mol. The zero-order valence-electron chi connectivity index (χ0n) is 21.8. The van der Waals surface area contributed by atoms with Gasteiger partial charge in [0.2, 0.25) is 5.91 Å². The highest BCUT2D eigenvalue weighted by Crippen LogP contribution is 2.40. The largest absolute Gasteiger partial charge is 0.497 e. The molecule has 0 bridgehead atoms. The molecule has 9 nitrogen and oxygen atoms in total. The first-order chi connectivity index (χ1) is 19.0. The van der Waals surface area contributed by atoms with Crippen molar-refractivity contribution in [2.45, 2.75) is 50.0 Å². The number of hydrogen-bond donors (Lipinski definition) is 4. The predicted octanol–water partition coefficient (Wildman–Crippen LogP) is 3.97. The topological polar surface area (TPSA) is 135 Å². The average Bonchev–Trinajstić information content (AvgIpc) is 2.94. The highest BCUT2D eigenvalue weighted by molar-refractivity contribution is 6.13. The third-order valence-electron chi connectivity index (χ3n) is 6.45. The first-order valence-electron chi connectivity index (χ1n) is 12.4. The number of aliphatic imine (C=N–C) groups is 1. The number of aliphatic hydroxyl groups is 1. The van der Waals surface area contributed by atoms with Gasteiger partial charge in [-0.25, -0.2) is 0 Å². The first-order valence-corrected chi connectivity index (χ1v) is 12.4. The number of methoxy groups -OCH3 is 1. The van der Waals surface area contributed by atoms with Gasteiger partial charge in [-0.1, -0.05) is 18.7 Å². The van der Waals surface area contributed by atoms with Gasteiger partial charge in [0.1, 0.15) is 28.4 Å². The van der Waals surface area contributed by atoms with Gasteiger partial charge in [-0.3, -0.25) is 14.6 Å². The average molecular weight is 561 g/mol. The second kappa shape index (κ2) is 13.2. The van der Waals surface area contributed by atoms with Crippen LogP contribution in [0.3, 0.4) is 0 Å². The van der Waals surface area contributed by atoms with Gasteiger partial charge in [0.15, 0.2) is 0 Å². The maximum absolute atomic E-state index is 13.5. The van der Waals surface area contributed by atoms with E-state index in [4.69, 9.17) is 15.2 Å². The standard InChI is InChI=1S/C28H31F3N4O5/c1-3-33-17-19(15-32)25(37)35-27(12-10-20(36)11-13-27)26(38)34-16-18-4-6-21(7-5-18)40-24-9-8-22(39-2)14-23(24)28(29,30)31/h3-9,14-15,17,20,36H,1,10-13,16,32H2,2H3,(H,34,38)(H,35,37)/b19-15+,33-17?. The minimum atomic E-state index is -4.65. The third kappa shape index (κ3) is 7.63. The number of alkyl halides is 3. The zero-order valence-corrected chi connectivity index (χ0v) is 21.8. The van der Waals surface area contributed by atoms with Gasteiger partial charge in [-0.05, 0) is 61.6 Å². The summed E-state index contributed by atoms with van der Waals surface area (Å²) in [6.45, 7) is 3.52. The van der Waals surface area contributed by atoms with E-state index in [1.165, 1.54) is 43.8 Å². The maximum Gasteiger partial charge on any atom is 0.420 e. The minimum Gasteiger partial charge on any atom is -0.497 e. The van der Waals surface area contributed by atoms with Crippen LogP contribution in [0.25, 0.3) is 0 Å². The van der Waals surface area contributed by atoms with Crippen LogP contribution in [0.4, 0.5) is 13.2 Å². The molecule has 2 aromatic carbocycles. The Morgan fingerprint density at radius 2 is 1.82 bits per heavy atom. The Balaban J connectivity index is 1.70. The number of nitrogens with two attached hydrogens (primary N) is 1. The van der Waals surface area contributed by atoms with Gasteiger partial charge in [-0.2, -0.15) is 13.2 Å². The van der Waals surface area contributed by atoms with Crippen molar-refractivity contribution in [3.8, 4) is 17.2 Å². The van der Waals surface area contributed by atoms with Crippen LogP contribution in [0.5, 0.6) is 17.2 Å². The summed E-state index contributed by atoms with van der Waals surface area (Å²) >= 11 is 0. The minimum absolute atomic E-state index is 0.0410. The molecule has 0 aliphatic heterocycles. The van der Waals surface area contributed by atoms with Crippen molar-refractivity contribution < 1.29 is 37.3 Å². The number of amides is 2. The molecule has 40 heavy (non-hydrogen) atoms. The molecule has 1 fully saturated rings. The molecule has 0 heterocycles. The van der Waals surface area contributed by atoms with E-state index in [9.17, 15) is 27.9 Å². The molecule has 2 amide bonds. The fraction of sp³-hybridized carbons (Fsp3) is 0.321. The number of benzene rings is 2. The molecule has 214 valence electrons. The van der Waals surface area contributed by atoms with E-state index < -0.39 is 35.2 Å². The molecule has 1 aliphatic rings. The first kappa shape index (κ1) is 30.2. The summed E-state index contributed by atoms with van der Waals surface area (Å²) < 4.78 is 50.8. The van der Waals surface area contributed by atoms with E-state index in [0.717, 1.165) is 12.3 Å². The lowest BCUT2D eigenvalue weighted by atomic mass is 9.79. The van der Waals surface area contributed by atoms with E-state index in [1.54, 1.807) is 12.1 Å². The van der Waals surface area contributed by atoms with Gasteiger partial charge in [0.05, 0.1) is 18.8 Å². The number of nitrogens with one attached hydrogen (secondary N) is 2. The highest BCUT2D eigenvalue weighted by atomic mass is 19.4. The van der Waals surface area contributed by atoms with Crippen molar-refractivity contribution >= 4 is 18.0 Å². The molecule has 0 unspecified atom stereocenters. The number of nitrogens with zero attached hydrogens (tertiary/aromatic N) is 1. The molecule has 1 saturated carbocycles. The van der Waals surface area contributed by atoms with Crippen LogP contribution in [0.15, 0.2) is 72.0 Å². The van der Waals surface area contributed by atoms with Gasteiger partial charge in [0, 0.05) is 25.2 Å². The second-order valence-corrected chi connectivity index (χ2v) is 9.14. The van der Waals surface area contributed by atoms with Gasteiger partial charge in [-0.15, -0.1) is 0 Å². The van der Waals surface area contributed by atoms with E-state index in [0.29, 0.717) is 18.4 Å². The molecule has 2 aromatic rings. The SMILES string of the molecule is C=CN=C/C(=C\N)C(=O)NC1(C(=O)NCc2ccc(Oc3ccc(OC)cc3C(F)(F)F)cc2)CCC(O)CC1. The summed E-state index contributed by atoms with van der Waals surface area (Å²) in [6.07, 6.45) is -0.664. The van der Waals surface area contributed by atoms with Crippen molar-refractivity contribution in [1.82, 2.24) is 10.6 Å². The molecule has 1 aliphatic carbocycles. The normalized spacial score (nSPS) is 19.6. The quantitative estimate of drug-likeness (QED) is 0.257. The number of carbonyl (C=O) groups excluding carboxylic acids is 2. The monoisotopic (exact) mass is 560 g/mol. The van der Waals surface area contributed by atoms with Crippen molar-refractivity contribution in [2.24, 2.45) is 10.7 Å².